The van der Waals surface area contributed by atoms with E-state index >= 15 is 0 Å². The Morgan fingerprint density at radius 1 is 1.21 bits per heavy atom. The number of benzene rings is 1. The van der Waals surface area contributed by atoms with Gasteiger partial charge >= 0.3 is 5.97 Å². The summed E-state index contributed by atoms with van der Waals surface area (Å²) in [7, 11) is 0. The van der Waals surface area contributed by atoms with E-state index in [1.165, 1.54) is 6.92 Å². The number of fused-ring (bicyclic) bond motifs is 1. The number of ether oxygens (including phenoxy) is 1. The zero-order valence-electron chi connectivity index (χ0n) is 13.7. The lowest BCUT2D eigenvalue weighted by Gasteiger charge is -2.20. The van der Waals surface area contributed by atoms with E-state index in [0.717, 1.165) is 24.5 Å². The van der Waals surface area contributed by atoms with Crippen molar-refractivity contribution in [3.63, 3.8) is 0 Å². The van der Waals surface area contributed by atoms with Crippen molar-refractivity contribution in [2.75, 3.05) is 13.1 Å². The van der Waals surface area contributed by atoms with Gasteiger partial charge in [0, 0.05) is 19.2 Å². The van der Waals surface area contributed by atoms with Gasteiger partial charge in [-0.05, 0) is 38.8 Å². The third-order valence-corrected chi connectivity index (χ3v) is 4.13. The maximum atomic E-state index is 12.2. The Bertz CT molecular complexity index is 848. The Morgan fingerprint density at radius 2 is 1.92 bits per heavy atom. The van der Waals surface area contributed by atoms with Crippen LogP contribution in [0.25, 0.3) is 11.0 Å². The fourth-order valence-corrected chi connectivity index (χ4v) is 2.83. The molecule has 1 amide bonds. The third-order valence-electron chi connectivity index (χ3n) is 4.13. The minimum Gasteiger partial charge on any atom is -0.449 e. The van der Waals surface area contributed by atoms with Crippen LogP contribution < -0.4 is 5.43 Å². The van der Waals surface area contributed by atoms with Crippen LogP contribution in [0.1, 0.15) is 35.9 Å². The van der Waals surface area contributed by atoms with Gasteiger partial charge in [-0.1, -0.05) is 11.6 Å². The summed E-state index contributed by atoms with van der Waals surface area (Å²) in [4.78, 5) is 38.2. The van der Waals surface area contributed by atoms with Gasteiger partial charge in [0.25, 0.3) is 5.91 Å². The summed E-state index contributed by atoms with van der Waals surface area (Å²) in [6, 6.07) is 6.24. The fraction of sp³-hybridized carbons (Fsp3) is 0.389. The molecule has 0 radical (unpaired) electrons. The van der Waals surface area contributed by atoms with Crippen LogP contribution in [0.5, 0.6) is 0 Å². The topological polar surface area (TPSA) is 76.8 Å². The van der Waals surface area contributed by atoms with Gasteiger partial charge in [-0.25, -0.2) is 4.79 Å². The standard InChI is InChI=1S/C18H19NO5/c1-11-5-6-15-13(9-11)14(20)10-16(24-15)18(22)23-12(2)17(21)19-7-3-4-8-19/h5-6,9-10,12H,3-4,7-8H2,1-2H3/t12-/m1/s1. The molecular formula is C18H19NO5. The van der Waals surface area contributed by atoms with Crippen molar-refractivity contribution < 1.29 is 18.7 Å². The molecule has 1 saturated heterocycles. The Labute approximate surface area is 139 Å². The van der Waals surface area contributed by atoms with Gasteiger partial charge in [0.15, 0.2) is 11.5 Å². The first kappa shape index (κ1) is 16.2. The van der Waals surface area contributed by atoms with Crippen molar-refractivity contribution in [2.45, 2.75) is 32.8 Å². The summed E-state index contributed by atoms with van der Waals surface area (Å²) >= 11 is 0. The Hall–Kier alpha value is -2.63. The smallest absolute Gasteiger partial charge is 0.375 e. The Kier molecular flexibility index (Phi) is 4.38. The summed E-state index contributed by atoms with van der Waals surface area (Å²) in [6.45, 7) is 4.77. The lowest BCUT2D eigenvalue weighted by molar-refractivity contribution is -0.138. The highest BCUT2D eigenvalue weighted by atomic mass is 16.6. The molecule has 6 heteroatoms. The summed E-state index contributed by atoms with van der Waals surface area (Å²) in [6.07, 6.45) is 1.02. The zero-order chi connectivity index (χ0) is 17.3. The molecule has 6 nitrogen and oxygen atoms in total. The number of carbonyl (C=O) groups excluding carboxylic acids is 2. The highest BCUT2D eigenvalue weighted by Gasteiger charge is 2.27. The fourth-order valence-electron chi connectivity index (χ4n) is 2.83. The average molecular weight is 329 g/mol. The number of hydrogen-bond acceptors (Lipinski definition) is 5. The van der Waals surface area contributed by atoms with E-state index in [-0.39, 0.29) is 17.1 Å². The number of amides is 1. The normalized spacial score (nSPS) is 15.5. The third kappa shape index (κ3) is 3.18. The molecule has 0 N–H and O–H groups in total. The largest absolute Gasteiger partial charge is 0.449 e. The molecule has 0 unspecified atom stereocenters. The summed E-state index contributed by atoms with van der Waals surface area (Å²) in [5.41, 5.74) is 0.930. The maximum Gasteiger partial charge on any atom is 0.375 e. The molecule has 0 spiro atoms. The van der Waals surface area contributed by atoms with Crippen molar-refractivity contribution in [3.05, 3.63) is 45.8 Å². The van der Waals surface area contributed by atoms with Gasteiger partial charge in [-0.2, -0.15) is 0 Å². The second kappa shape index (κ2) is 6.47. The van der Waals surface area contributed by atoms with Crippen molar-refractivity contribution >= 4 is 22.8 Å². The van der Waals surface area contributed by atoms with Crippen molar-refractivity contribution in [2.24, 2.45) is 0 Å². The van der Waals surface area contributed by atoms with Crippen LogP contribution in [0.4, 0.5) is 0 Å². The molecule has 1 aromatic carbocycles. The van der Waals surface area contributed by atoms with Crippen LogP contribution in [0, 0.1) is 6.92 Å². The second-order valence-corrected chi connectivity index (χ2v) is 6.05. The van der Waals surface area contributed by atoms with Crippen LogP contribution in [0.3, 0.4) is 0 Å². The molecule has 0 saturated carbocycles. The van der Waals surface area contributed by atoms with Crippen molar-refractivity contribution in [3.8, 4) is 0 Å². The van der Waals surface area contributed by atoms with Gasteiger partial charge < -0.3 is 14.1 Å². The number of carbonyl (C=O) groups is 2. The molecule has 2 heterocycles. The number of aryl methyl sites for hydroxylation is 1. The lowest BCUT2D eigenvalue weighted by Crippen LogP contribution is -2.38. The molecule has 1 fully saturated rings. The first-order chi connectivity index (χ1) is 11.5. The number of esters is 1. The predicted molar refractivity (Wildman–Crippen MR) is 87.9 cm³/mol. The van der Waals surface area contributed by atoms with E-state index in [9.17, 15) is 14.4 Å². The number of nitrogens with zero attached hydrogens (tertiary/aromatic N) is 1. The van der Waals surface area contributed by atoms with Crippen molar-refractivity contribution in [1.82, 2.24) is 4.90 Å². The molecule has 0 bridgehead atoms. The van der Waals surface area contributed by atoms with Crippen LogP contribution in [-0.2, 0) is 9.53 Å². The molecule has 1 atom stereocenters. The predicted octanol–water partition coefficient (Wildman–Crippen LogP) is 2.27. The maximum absolute atomic E-state index is 12.2. The minimum atomic E-state index is -0.908. The van der Waals surface area contributed by atoms with E-state index in [1.54, 1.807) is 23.1 Å². The monoisotopic (exact) mass is 329 g/mol. The Balaban J connectivity index is 1.79. The molecule has 126 valence electrons. The summed E-state index contributed by atoms with van der Waals surface area (Å²) < 4.78 is 10.6. The zero-order valence-corrected chi connectivity index (χ0v) is 13.7. The first-order valence-corrected chi connectivity index (χ1v) is 8.00. The van der Waals surface area contributed by atoms with Gasteiger partial charge in [-0.15, -0.1) is 0 Å². The molecule has 3 rings (SSSR count). The highest BCUT2D eigenvalue weighted by Crippen LogP contribution is 2.16. The molecule has 24 heavy (non-hydrogen) atoms. The second-order valence-electron chi connectivity index (χ2n) is 6.05. The number of likely N-dealkylation sites (tertiary alicyclic amines) is 1. The quantitative estimate of drug-likeness (QED) is 0.807. The van der Waals surface area contributed by atoms with E-state index in [0.29, 0.717) is 24.1 Å². The van der Waals surface area contributed by atoms with E-state index < -0.39 is 12.1 Å². The van der Waals surface area contributed by atoms with E-state index in [2.05, 4.69) is 0 Å². The molecule has 1 aromatic heterocycles. The minimum absolute atomic E-state index is 0.197. The number of rotatable bonds is 3. The van der Waals surface area contributed by atoms with E-state index in [1.807, 2.05) is 6.92 Å². The molecule has 0 aliphatic carbocycles. The first-order valence-electron chi connectivity index (χ1n) is 8.00. The summed E-state index contributed by atoms with van der Waals surface area (Å²) in [5, 5.41) is 0.410. The lowest BCUT2D eigenvalue weighted by atomic mass is 10.1. The average Bonchev–Trinajstić information content (AvgIpc) is 3.08. The van der Waals surface area contributed by atoms with Gasteiger partial charge in [0.05, 0.1) is 5.39 Å². The van der Waals surface area contributed by atoms with Crippen LogP contribution in [0.15, 0.2) is 33.5 Å². The van der Waals surface area contributed by atoms with Crippen molar-refractivity contribution in [1.29, 1.82) is 0 Å². The number of hydrogen-bond donors (Lipinski definition) is 0. The van der Waals surface area contributed by atoms with Crippen LogP contribution >= 0.6 is 0 Å². The molecule has 1 aliphatic heterocycles. The van der Waals surface area contributed by atoms with E-state index in [4.69, 9.17) is 9.15 Å². The summed E-state index contributed by atoms with van der Waals surface area (Å²) in [5.74, 6) is -1.23. The van der Waals surface area contributed by atoms with Gasteiger partial charge in [0.1, 0.15) is 5.58 Å². The SMILES string of the molecule is Cc1ccc2oc(C(=O)O[C@H](C)C(=O)N3CCCC3)cc(=O)c2c1. The van der Waals surface area contributed by atoms with Crippen LogP contribution in [-0.4, -0.2) is 36.0 Å². The molecule has 2 aromatic rings. The molecular weight excluding hydrogens is 310 g/mol. The van der Waals surface area contributed by atoms with Gasteiger partial charge in [0.2, 0.25) is 5.76 Å². The van der Waals surface area contributed by atoms with Gasteiger partial charge in [-0.3, -0.25) is 9.59 Å². The molecule has 1 aliphatic rings. The van der Waals surface area contributed by atoms with Crippen LogP contribution in [0.2, 0.25) is 0 Å². The Morgan fingerprint density at radius 3 is 2.62 bits per heavy atom. The highest BCUT2D eigenvalue weighted by molar-refractivity contribution is 5.91.